The maximum absolute atomic E-state index is 6.63. The van der Waals surface area contributed by atoms with Crippen LogP contribution in [0, 0.1) is 0 Å². The number of nitrogens with zero attached hydrogens (tertiary/aromatic N) is 2. The molecule has 1 aromatic heterocycles. The zero-order chi connectivity index (χ0) is 19.8. The lowest BCUT2D eigenvalue weighted by molar-refractivity contribution is 0.0616. The van der Waals surface area contributed by atoms with E-state index in [0.717, 1.165) is 36.2 Å². The summed E-state index contributed by atoms with van der Waals surface area (Å²) in [4.78, 5) is 11.2. The molecule has 0 aliphatic heterocycles. The Morgan fingerprint density at radius 2 is 1.93 bits per heavy atom. The van der Waals surface area contributed by atoms with Gasteiger partial charge in [0, 0.05) is 17.6 Å². The Labute approximate surface area is 173 Å². The van der Waals surface area contributed by atoms with Gasteiger partial charge in [-0.3, -0.25) is 4.90 Å². The summed E-state index contributed by atoms with van der Waals surface area (Å²) in [7, 11) is 0. The largest absolute Gasteiger partial charge is 0.341 e. The van der Waals surface area contributed by atoms with Gasteiger partial charge in [-0.15, -0.1) is 0 Å². The number of hydrogen-bond donors (Lipinski definition) is 2. The van der Waals surface area contributed by atoms with Crippen LogP contribution in [0.1, 0.15) is 68.4 Å². The van der Waals surface area contributed by atoms with Crippen LogP contribution in [0.3, 0.4) is 0 Å². The quantitative estimate of drug-likeness (QED) is 0.653. The van der Waals surface area contributed by atoms with Gasteiger partial charge in [0.15, 0.2) is 0 Å². The molecule has 2 aliphatic carbocycles. The summed E-state index contributed by atoms with van der Waals surface area (Å²) >= 11 is 0. The van der Waals surface area contributed by atoms with E-state index >= 15 is 0 Å². The molecule has 4 nitrogen and oxygen atoms in total. The van der Waals surface area contributed by atoms with Crippen LogP contribution in [0.2, 0.25) is 0 Å². The molecule has 0 saturated heterocycles. The standard InChI is InChI=1S/C25H32N4/c1-25(26)15-7-10-19(16-25)29(17-24-27-21-12-4-5-13-22(21)28-24)23-14-6-9-18-8-2-3-11-20(18)23/h2-5,8,11-13,19,23H,6-7,9-10,14-17,26H2,1H3,(H,27,28). The molecular formula is C25H32N4. The number of rotatable bonds is 4. The van der Waals surface area contributed by atoms with Gasteiger partial charge in [-0.25, -0.2) is 4.98 Å². The molecule has 0 spiro atoms. The zero-order valence-corrected chi connectivity index (χ0v) is 17.4. The lowest BCUT2D eigenvalue weighted by atomic mass is 9.78. The molecule has 0 amide bonds. The SMILES string of the molecule is CC1(N)CCCC(N(Cc2nc3ccccc3[nH]2)C2CCCc3ccccc32)C1. The minimum absolute atomic E-state index is 0.0662. The van der Waals surface area contributed by atoms with Crippen molar-refractivity contribution in [2.45, 2.75) is 76.0 Å². The van der Waals surface area contributed by atoms with E-state index in [2.05, 4.69) is 65.3 Å². The number of imidazole rings is 1. The summed E-state index contributed by atoms with van der Waals surface area (Å²) in [5, 5.41) is 0. The molecule has 29 heavy (non-hydrogen) atoms. The van der Waals surface area contributed by atoms with Crippen LogP contribution in [0.15, 0.2) is 48.5 Å². The number of nitrogens with one attached hydrogen (secondary N) is 1. The summed E-state index contributed by atoms with van der Waals surface area (Å²) in [6.07, 6.45) is 8.30. The molecule has 2 aromatic carbocycles. The summed E-state index contributed by atoms with van der Waals surface area (Å²) in [5.74, 6) is 1.07. The van der Waals surface area contributed by atoms with Crippen molar-refractivity contribution >= 4 is 11.0 Å². The van der Waals surface area contributed by atoms with Crippen molar-refractivity contribution in [2.24, 2.45) is 5.73 Å². The molecule has 5 rings (SSSR count). The first-order valence-corrected chi connectivity index (χ1v) is 11.2. The van der Waals surface area contributed by atoms with E-state index in [1.165, 1.54) is 43.2 Å². The first-order valence-electron chi connectivity index (χ1n) is 11.2. The minimum atomic E-state index is -0.0662. The molecule has 3 atom stereocenters. The van der Waals surface area contributed by atoms with Crippen molar-refractivity contribution in [3.8, 4) is 0 Å². The first-order chi connectivity index (χ1) is 14.1. The smallest absolute Gasteiger partial charge is 0.121 e. The molecule has 3 aromatic rings. The number of benzene rings is 2. The van der Waals surface area contributed by atoms with Gasteiger partial charge in [0.2, 0.25) is 0 Å². The fourth-order valence-corrected chi connectivity index (χ4v) is 5.59. The maximum Gasteiger partial charge on any atom is 0.121 e. The highest BCUT2D eigenvalue weighted by atomic mass is 15.2. The third kappa shape index (κ3) is 3.84. The van der Waals surface area contributed by atoms with Crippen molar-refractivity contribution in [1.82, 2.24) is 14.9 Å². The van der Waals surface area contributed by atoms with Crippen LogP contribution in [0.25, 0.3) is 11.0 Å². The van der Waals surface area contributed by atoms with Gasteiger partial charge in [0.25, 0.3) is 0 Å². The van der Waals surface area contributed by atoms with Crippen LogP contribution in [0.5, 0.6) is 0 Å². The van der Waals surface area contributed by atoms with Gasteiger partial charge >= 0.3 is 0 Å². The molecule has 0 radical (unpaired) electrons. The van der Waals surface area contributed by atoms with Gasteiger partial charge in [0.05, 0.1) is 17.6 Å². The van der Waals surface area contributed by atoms with Crippen molar-refractivity contribution < 1.29 is 0 Å². The molecule has 3 unspecified atom stereocenters. The summed E-state index contributed by atoms with van der Waals surface area (Å²) in [6, 6.07) is 18.3. The zero-order valence-electron chi connectivity index (χ0n) is 17.4. The molecule has 4 heteroatoms. The van der Waals surface area contributed by atoms with Crippen molar-refractivity contribution in [3.63, 3.8) is 0 Å². The lowest BCUT2D eigenvalue weighted by Gasteiger charge is -2.45. The number of nitrogens with two attached hydrogens (primary N) is 1. The average Bonchev–Trinajstić information content (AvgIpc) is 3.13. The monoisotopic (exact) mass is 388 g/mol. The number of aromatic nitrogens is 2. The van der Waals surface area contributed by atoms with Crippen LogP contribution in [0.4, 0.5) is 0 Å². The van der Waals surface area contributed by atoms with Crippen LogP contribution in [-0.4, -0.2) is 26.4 Å². The molecule has 2 aliphatic rings. The highest BCUT2D eigenvalue weighted by Crippen LogP contribution is 2.40. The van der Waals surface area contributed by atoms with E-state index < -0.39 is 0 Å². The molecule has 1 fully saturated rings. The van der Waals surface area contributed by atoms with Crippen LogP contribution >= 0.6 is 0 Å². The van der Waals surface area contributed by atoms with Crippen molar-refractivity contribution in [2.75, 3.05) is 0 Å². The third-order valence-corrected chi connectivity index (χ3v) is 6.97. The predicted molar refractivity (Wildman–Crippen MR) is 119 cm³/mol. The van der Waals surface area contributed by atoms with Crippen LogP contribution < -0.4 is 5.73 Å². The predicted octanol–water partition coefficient (Wildman–Crippen LogP) is 5.10. The van der Waals surface area contributed by atoms with E-state index in [4.69, 9.17) is 10.7 Å². The van der Waals surface area contributed by atoms with E-state index in [1.807, 2.05) is 0 Å². The topological polar surface area (TPSA) is 57.9 Å². The van der Waals surface area contributed by atoms with Gasteiger partial charge in [-0.05, 0) is 68.7 Å². The number of hydrogen-bond acceptors (Lipinski definition) is 3. The van der Waals surface area contributed by atoms with Crippen molar-refractivity contribution in [3.05, 3.63) is 65.5 Å². The number of fused-ring (bicyclic) bond motifs is 2. The Morgan fingerprint density at radius 3 is 2.79 bits per heavy atom. The first kappa shape index (κ1) is 18.8. The Balaban J connectivity index is 1.51. The number of aryl methyl sites for hydroxylation is 1. The summed E-state index contributed by atoms with van der Waals surface area (Å²) in [6.45, 7) is 3.09. The molecule has 3 N–H and O–H groups in total. The maximum atomic E-state index is 6.63. The normalized spacial score (nSPS) is 27.3. The molecular weight excluding hydrogens is 356 g/mol. The molecule has 152 valence electrons. The number of aromatic amines is 1. The Bertz CT molecular complexity index is 956. The second kappa shape index (κ2) is 7.58. The number of H-pyrrole nitrogens is 1. The fraction of sp³-hybridized carbons (Fsp3) is 0.480. The number of para-hydroxylation sites is 2. The van der Waals surface area contributed by atoms with Gasteiger partial charge in [-0.1, -0.05) is 42.8 Å². The molecule has 0 bridgehead atoms. The highest BCUT2D eigenvalue weighted by Gasteiger charge is 2.37. The van der Waals surface area contributed by atoms with Gasteiger partial charge < -0.3 is 10.7 Å². The average molecular weight is 389 g/mol. The molecule has 1 saturated carbocycles. The van der Waals surface area contributed by atoms with Crippen molar-refractivity contribution in [1.29, 1.82) is 0 Å². The highest BCUT2D eigenvalue weighted by molar-refractivity contribution is 5.74. The Kier molecular flexibility index (Phi) is 4.92. The molecule has 1 heterocycles. The minimum Gasteiger partial charge on any atom is -0.341 e. The summed E-state index contributed by atoms with van der Waals surface area (Å²) < 4.78 is 0. The van der Waals surface area contributed by atoms with E-state index in [-0.39, 0.29) is 5.54 Å². The van der Waals surface area contributed by atoms with Gasteiger partial charge in [0.1, 0.15) is 5.82 Å². The van der Waals surface area contributed by atoms with Gasteiger partial charge in [-0.2, -0.15) is 0 Å². The Hall–Kier alpha value is -2.17. The fourth-order valence-electron chi connectivity index (χ4n) is 5.59. The van der Waals surface area contributed by atoms with E-state index in [0.29, 0.717) is 12.1 Å². The lowest BCUT2D eigenvalue weighted by Crippen LogP contribution is -2.50. The van der Waals surface area contributed by atoms with Crippen LogP contribution in [-0.2, 0) is 13.0 Å². The van der Waals surface area contributed by atoms with E-state index in [1.54, 1.807) is 0 Å². The second-order valence-electron chi connectivity index (χ2n) is 9.38. The third-order valence-electron chi connectivity index (χ3n) is 6.97. The Morgan fingerprint density at radius 1 is 1.10 bits per heavy atom. The second-order valence-corrected chi connectivity index (χ2v) is 9.38. The van der Waals surface area contributed by atoms with E-state index in [9.17, 15) is 0 Å². The summed E-state index contributed by atoms with van der Waals surface area (Å²) in [5.41, 5.74) is 11.8.